The van der Waals surface area contributed by atoms with Crippen molar-refractivity contribution >= 4 is 6.08 Å². The predicted octanol–water partition coefficient (Wildman–Crippen LogP) is 2.89. The Labute approximate surface area is 114 Å². The summed E-state index contributed by atoms with van der Waals surface area (Å²) in [6.45, 7) is 1.32. The SMILES string of the molecule is CNCc1ccncc1OC/C=C/c1ccccc1. The van der Waals surface area contributed by atoms with E-state index in [0.29, 0.717) is 6.61 Å². The third-order valence-corrected chi connectivity index (χ3v) is 2.68. The zero-order valence-corrected chi connectivity index (χ0v) is 11.0. The van der Waals surface area contributed by atoms with Crippen LogP contribution in [0, 0.1) is 0 Å². The van der Waals surface area contributed by atoms with Gasteiger partial charge in [0.1, 0.15) is 12.4 Å². The highest BCUT2D eigenvalue weighted by Gasteiger charge is 2.00. The first-order chi connectivity index (χ1) is 9.40. The Hall–Kier alpha value is -2.13. The normalized spacial score (nSPS) is 10.8. The standard InChI is InChI=1S/C16H18N2O/c1-17-12-15-9-10-18-13-16(15)19-11-5-8-14-6-3-2-4-7-14/h2-10,13,17H,11-12H2,1H3/b8-5+. The molecule has 1 aromatic heterocycles. The van der Waals surface area contributed by atoms with Crippen LogP contribution < -0.4 is 10.1 Å². The minimum absolute atomic E-state index is 0.539. The molecule has 98 valence electrons. The van der Waals surface area contributed by atoms with Crippen LogP contribution in [0.1, 0.15) is 11.1 Å². The Bertz CT molecular complexity index is 523. The molecule has 0 unspecified atom stereocenters. The fourth-order valence-corrected chi connectivity index (χ4v) is 1.76. The smallest absolute Gasteiger partial charge is 0.142 e. The lowest BCUT2D eigenvalue weighted by atomic mass is 10.2. The molecule has 0 aliphatic heterocycles. The number of nitrogens with one attached hydrogen (secondary N) is 1. The molecular formula is C16H18N2O. The van der Waals surface area contributed by atoms with Crippen molar-refractivity contribution in [3.8, 4) is 5.75 Å². The Morgan fingerprint density at radius 2 is 2.05 bits per heavy atom. The van der Waals surface area contributed by atoms with Gasteiger partial charge in [-0.15, -0.1) is 0 Å². The topological polar surface area (TPSA) is 34.2 Å². The second kappa shape index (κ2) is 7.34. The quantitative estimate of drug-likeness (QED) is 0.860. The van der Waals surface area contributed by atoms with E-state index < -0.39 is 0 Å². The molecule has 0 aliphatic rings. The van der Waals surface area contributed by atoms with Crippen LogP contribution in [0.25, 0.3) is 6.08 Å². The molecule has 0 aliphatic carbocycles. The maximum Gasteiger partial charge on any atom is 0.142 e. The van der Waals surface area contributed by atoms with E-state index in [1.54, 1.807) is 12.4 Å². The van der Waals surface area contributed by atoms with E-state index in [4.69, 9.17) is 4.74 Å². The van der Waals surface area contributed by atoms with Gasteiger partial charge in [-0.3, -0.25) is 4.98 Å². The number of pyridine rings is 1. The zero-order valence-electron chi connectivity index (χ0n) is 11.0. The molecule has 1 aromatic carbocycles. The van der Waals surface area contributed by atoms with Crippen molar-refractivity contribution in [1.82, 2.24) is 10.3 Å². The third-order valence-electron chi connectivity index (χ3n) is 2.68. The van der Waals surface area contributed by atoms with Crippen molar-refractivity contribution in [3.05, 3.63) is 66.0 Å². The number of hydrogen-bond acceptors (Lipinski definition) is 3. The summed E-state index contributed by atoms with van der Waals surface area (Å²) < 4.78 is 5.72. The highest BCUT2D eigenvalue weighted by Crippen LogP contribution is 2.16. The van der Waals surface area contributed by atoms with E-state index in [9.17, 15) is 0 Å². The molecule has 3 heteroatoms. The number of benzene rings is 1. The van der Waals surface area contributed by atoms with E-state index in [2.05, 4.69) is 22.4 Å². The average molecular weight is 254 g/mol. The van der Waals surface area contributed by atoms with E-state index in [-0.39, 0.29) is 0 Å². The first-order valence-corrected chi connectivity index (χ1v) is 6.32. The molecule has 1 N–H and O–H groups in total. The summed E-state index contributed by atoms with van der Waals surface area (Å²) in [6.07, 6.45) is 7.59. The Kier molecular flexibility index (Phi) is 5.14. The molecule has 0 radical (unpaired) electrons. The van der Waals surface area contributed by atoms with E-state index in [1.807, 2.05) is 43.5 Å². The molecular weight excluding hydrogens is 236 g/mol. The number of aromatic nitrogens is 1. The maximum atomic E-state index is 5.72. The van der Waals surface area contributed by atoms with Crippen LogP contribution in [0.2, 0.25) is 0 Å². The maximum absolute atomic E-state index is 5.72. The summed E-state index contributed by atoms with van der Waals surface area (Å²) >= 11 is 0. The summed E-state index contributed by atoms with van der Waals surface area (Å²) in [5.41, 5.74) is 2.29. The van der Waals surface area contributed by atoms with Crippen molar-refractivity contribution in [1.29, 1.82) is 0 Å². The van der Waals surface area contributed by atoms with Gasteiger partial charge in [0.2, 0.25) is 0 Å². The number of ether oxygens (including phenoxy) is 1. The third kappa shape index (κ3) is 4.23. The second-order valence-corrected chi connectivity index (χ2v) is 4.14. The highest BCUT2D eigenvalue weighted by atomic mass is 16.5. The fraction of sp³-hybridized carbons (Fsp3) is 0.188. The van der Waals surface area contributed by atoms with E-state index >= 15 is 0 Å². The number of hydrogen-bond donors (Lipinski definition) is 1. The molecule has 0 saturated heterocycles. The van der Waals surface area contributed by atoms with Gasteiger partial charge in [-0.1, -0.05) is 36.4 Å². The van der Waals surface area contributed by atoms with Crippen molar-refractivity contribution in [3.63, 3.8) is 0 Å². The van der Waals surface area contributed by atoms with Crippen LogP contribution in [0.15, 0.2) is 54.9 Å². The first-order valence-electron chi connectivity index (χ1n) is 6.32. The monoisotopic (exact) mass is 254 g/mol. The number of rotatable bonds is 6. The molecule has 0 fully saturated rings. The summed E-state index contributed by atoms with van der Waals surface area (Å²) in [5.74, 6) is 0.828. The van der Waals surface area contributed by atoms with Gasteiger partial charge in [-0.25, -0.2) is 0 Å². The van der Waals surface area contributed by atoms with Gasteiger partial charge in [0, 0.05) is 18.3 Å². The van der Waals surface area contributed by atoms with E-state index in [1.165, 1.54) is 5.56 Å². The van der Waals surface area contributed by atoms with E-state index in [0.717, 1.165) is 17.9 Å². The lowest BCUT2D eigenvalue weighted by Gasteiger charge is -2.08. The van der Waals surface area contributed by atoms with Crippen LogP contribution in [0.5, 0.6) is 5.75 Å². The summed E-state index contributed by atoms with van der Waals surface area (Å²) in [4.78, 5) is 4.09. The molecule has 3 nitrogen and oxygen atoms in total. The molecule has 0 saturated carbocycles. The fourth-order valence-electron chi connectivity index (χ4n) is 1.76. The van der Waals surface area contributed by atoms with Crippen LogP contribution in [0.4, 0.5) is 0 Å². The van der Waals surface area contributed by atoms with Crippen LogP contribution in [0.3, 0.4) is 0 Å². The molecule has 0 amide bonds. The Balaban J connectivity index is 1.91. The minimum atomic E-state index is 0.539. The van der Waals surface area contributed by atoms with Gasteiger partial charge in [-0.2, -0.15) is 0 Å². The zero-order chi connectivity index (χ0) is 13.3. The van der Waals surface area contributed by atoms with Gasteiger partial charge >= 0.3 is 0 Å². The molecule has 1 heterocycles. The predicted molar refractivity (Wildman–Crippen MR) is 78.0 cm³/mol. The summed E-state index contributed by atoms with van der Waals surface area (Å²) in [6, 6.07) is 12.1. The second-order valence-electron chi connectivity index (χ2n) is 4.14. The molecule has 0 spiro atoms. The Morgan fingerprint density at radius 1 is 1.21 bits per heavy atom. The molecule has 19 heavy (non-hydrogen) atoms. The minimum Gasteiger partial charge on any atom is -0.488 e. The average Bonchev–Trinajstić information content (AvgIpc) is 2.47. The first kappa shape index (κ1) is 13.3. The Morgan fingerprint density at radius 3 is 2.84 bits per heavy atom. The largest absolute Gasteiger partial charge is 0.488 e. The van der Waals surface area contributed by atoms with Gasteiger partial charge in [0.15, 0.2) is 0 Å². The molecule has 2 rings (SSSR count). The van der Waals surface area contributed by atoms with Crippen LogP contribution in [-0.2, 0) is 6.54 Å². The molecule has 0 atom stereocenters. The van der Waals surface area contributed by atoms with Crippen molar-refractivity contribution < 1.29 is 4.74 Å². The molecule has 2 aromatic rings. The van der Waals surface area contributed by atoms with Crippen LogP contribution in [-0.4, -0.2) is 18.6 Å². The van der Waals surface area contributed by atoms with Crippen molar-refractivity contribution in [2.75, 3.05) is 13.7 Å². The number of nitrogens with zero attached hydrogens (tertiary/aromatic N) is 1. The highest BCUT2D eigenvalue weighted by molar-refractivity contribution is 5.48. The summed E-state index contributed by atoms with van der Waals surface area (Å²) in [7, 11) is 1.92. The van der Waals surface area contributed by atoms with Gasteiger partial charge in [0.05, 0.1) is 6.20 Å². The van der Waals surface area contributed by atoms with Gasteiger partial charge < -0.3 is 10.1 Å². The van der Waals surface area contributed by atoms with Crippen LogP contribution >= 0.6 is 0 Å². The lowest BCUT2D eigenvalue weighted by Crippen LogP contribution is -2.07. The van der Waals surface area contributed by atoms with Crippen molar-refractivity contribution in [2.45, 2.75) is 6.54 Å². The van der Waals surface area contributed by atoms with Crippen molar-refractivity contribution in [2.24, 2.45) is 0 Å². The van der Waals surface area contributed by atoms with Gasteiger partial charge in [-0.05, 0) is 24.8 Å². The van der Waals surface area contributed by atoms with Gasteiger partial charge in [0.25, 0.3) is 0 Å². The molecule has 0 bridgehead atoms. The lowest BCUT2D eigenvalue weighted by molar-refractivity contribution is 0.357. The summed E-state index contributed by atoms with van der Waals surface area (Å²) in [5, 5.41) is 3.11.